The summed E-state index contributed by atoms with van der Waals surface area (Å²) in [4.78, 5) is 0. The van der Waals surface area contributed by atoms with E-state index in [-0.39, 0.29) is 0 Å². The summed E-state index contributed by atoms with van der Waals surface area (Å²) in [5, 5.41) is 0. The zero-order valence-electron chi connectivity index (χ0n) is 12.4. The highest BCUT2D eigenvalue weighted by molar-refractivity contribution is 5.24. The first-order chi connectivity index (χ1) is 8.10. The third kappa shape index (κ3) is 4.01. The summed E-state index contributed by atoms with van der Waals surface area (Å²) in [5.74, 6) is 2.45. The number of hydrogen-bond acceptors (Lipinski definition) is 0. The zero-order valence-corrected chi connectivity index (χ0v) is 12.4. The van der Waals surface area contributed by atoms with E-state index in [1.54, 1.807) is 11.1 Å². The monoisotopic (exact) mass is 234 g/mol. The first kappa shape index (κ1) is 14.5. The minimum atomic E-state index is 0.732. The van der Waals surface area contributed by atoms with E-state index in [9.17, 15) is 0 Å². The lowest BCUT2D eigenvalue weighted by molar-refractivity contribution is 0.310. The molecule has 0 bridgehead atoms. The van der Waals surface area contributed by atoms with E-state index >= 15 is 0 Å². The Hall–Kier alpha value is -0.520. The standard InChI is InChI=1S/C17H30/c1-6-8-16-14(5)10-11-15(12-13(3)4)17(16)9-7-2/h7,9,13,15,17H,6,8,10-12H2,1-5H3/b9-7+. The Kier molecular flexibility index (Phi) is 6.02. The van der Waals surface area contributed by atoms with Crippen LogP contribution in [-0.2, 0) is 0 Å². The van der Waals surface area contributed by atoms with Gasteiger partial charge in [0.15, 0.2) is 0 Å². The Morgan fingerprint density at radius 2 is 2.06 bits per heavy atom. The molecule has 2 atom stereocenters. The van der Waals surface area contributed by atoms with E-state index in [4.69, 9.17) is 0 Å². The van der Waals surface area contributed by atoms with Crippen LogP contribution in [0.3, 0.4) is 0 Å². The van der Waals surface area contributed by atoms with Gasteiger partial charge < -0.3 is 0 Å². The molecule has 0 aromatic heterocycles. The smallest absolute Gasteiger partial charge is 0.000769 e. The van der Waals surface area contributed by atoms with Crippen LogP contribution in [0.15, 0.2) is 23.3 Å². The van der Waals surface area contributed by atoms with Crippen molar-refractivity contribution in [2.45, 2.75) is 66.7 Å². The largest absolute Gasteiger partial charge is 0.0911 e. The van der Waals surface area contributed by atoms with Gasteiger partial charge in [0.1, 0.15) is 0 Å². The summed E-state index contributed by atoms with van der Waals surface area (Å²) < 4.78 is 0. The maximum atomic E-state index is 2.46. The second-order valence-corrected chi connectivity index (χ2v) is 6.04. The molecule has 0 aromatic rings. The Labute approximate surface area is 108 Å². The summed E-state index contributed by atoms with van der Waals surface area (Å²) in [6.07, 6.45) is 11.4. The Bertz CT molecular complexity index is 280. The molecular formula is C17H30. The fourth-order valence-corrected chi connectivity index (χ4v) is 3.31. The predicted molar refractivity (Wildman–Crippen MR) is 78.1 cm³/mol. The van der Waals surface area contributed by atoms with Crippen molar-refractivity contribution in [1.82, 2.24) is 0 Å². The van der Waals surface area contributed by atoms with Crippen LogP contribution in [0.5, 0.6) is 0 Å². The normalized spacial score (nSPS) is 26.2. The molecule has 1 rings (SSSR count). The summed E-state index contributed by atoms with van der Waals surface area (Å²) >= 11 is 0. The maximum Gasteiger partial charge on any atom is 0.000769 e. The van der Waals surface area contributed by atoms with Crippen molar-refractivity contribution in [3.8, 4) is 0 Å². The van der Waals surface area contributed by atoms with Crippen molar-refractivity contribution in [2.24, 2.45) is 17.8 Å². The molecule has 2 unspecified atom stereocenters. The first-order valence-corrected chi connectivity index (χ1v) is 7.41. The lowest BCUT2D eigenvalue weighted by atomic mass is 9.71. The van der Waals surface area contributed by atoms with Gasteiger partial charge in [-0.3, -0.25) is 0 Å². The van der Waals surface area contributed by atoms with Crippen LogP contribution < -0.4 is 0 Å². The Balaban J connectivity index is 2.89. The molecule has 1 aliphatic rings. The van der Waals surface area contributed by atoms with E-state index < -0.39 is 0 Å². The van der Waals surface area contributed by atoms with Gasteiger partial charge in [0.2, 0.25) is 0 Å². The Morgan fingerprint density at radius 3 is 2.59 bits per heavy atom. The van der Waals surface area contributed by atoms with E-state index in [0.29, 0.717) is 0 Å². The van der Waals surface area contributed by atoms with E-state index in [2.05, 4.69) is 46.8 Å². The van der Waals surface area contributed by atoms with Gasteiger partial charge in [-0.05, 0) is 51.4 Å². The lowest BCUT2D eigenvalue weighted by Gasteiger charge is -2.34. The average Bonchev–Trinajstić information content (AvgIpc) is 2.27. The summed E-state index contributed by atoms with van der Waals surface area (Å²) in [5.41, 5.74) is 3.43. The SMILES string of the molecule is C/C=C/C1C(CCC)=C(C)CCC1CC(C)C. The fourth-order valence-electron chi connectivity index (χ4n) is 3.31. The van der Waals surface area contributed by atoms with E-state index in [1.165, 1.54) is 32.1 Å². The van der Waals surface area contributed by atoms with Gasteiger partial charge in [0.25, 0.3) is 0 Å². The first-order valence-electron chi connectivity index (χ1n) is 7.41. The van der Waals surface area contributed by atoms with Gasteiger partial charge in [-0.2, -0.15) is 0 Å². The lowest BCUT2D eigenvalue weighted by Crippen LogP contribution is -2.22. The molecular weight excluding hydrogens is 204 g/mol. The molecule has 17 heavy (non-hydrogen) atoms. The molecule has 0 fully saturated rings. The average molecular weight is 234 g/mol. The third-order valence-electron chi connectivity index (χ3n) is 4.04. The molecule has 0 saturated heterocycles. The number of rotatable bonds is 5. The molecule has 0 amide bonds. The number of allylic oxidation sites excluding steroid dienone is 4. The summed E-state index contributed by atoms with van der Waals surface area (Å²) in [6.45, 7) is 11.5. The minimum absolute atomic E-state index is 0.732. The van der Waals surface area contributed by atoms with Crippen molar-refractivity contribution < 1.29 is 0 Å². The predicted octanol–water partition coefficient (Wildman–Crippen LogP) is 5.75. The quantitative estimate of drug-likeness (QED) is 0.531. The highest BCUT2D eigenvalue weighted by Gasteiger charge is 2.27. The Morgan fingerprint density at radius 1 is 1.35 bits per heavy atom. The molecule has 0 heteroatoms. The van der Waals surface area contributed by atoms with Crippen molar-refractivity contribution in [2.75, 3.05) is 0 Å². The van der Waals surface area contributed by atoms with Crippen LogP contribution in [0, 0.1) is 17.8 Å². The van der Waals surface area contributed by atoms with Crippen LogP contribution in [0.4, 0.5) is 0 Å². The number of hydrogen-bond donors (Lipinski definition) is 0. The van der Waals surface area contributed by atoms with Crippen LogP contribution in [-0.4, -0.2) is 0 Å². The van der Waals surface area contributed by atoms with Crippen molar-refractivity contribution >= 4 is 0 Å². The molecule has 0 aliphatic heterocycles. The van der Waals surface area contributed by atoms with E-state index in [0.717, 1.165) is 17.8 Å². The second-order valence-electron chi connectivity index (χ2n) is 6.04. The van der Waals surface area contributed by atoms with Crippen molar-refractivity contribution in [3.63, 3.8) is 0 Å². The third-order valence-corrected chi connectivity index (χ3v) is 4.04. The highest BCUT2D eigenvalue weighted by Crippen LogP contribution is 2.40. The molecule has 0 saturated carbocycles. The van der Waals surface area contributed by atoms with Gasteiger partial charge in [-0.25, -0.2) is 0 Å². The van der Waals surface area contributed by atoms with Gasteiger partial charge in [0, 0.05) is 5.92 Å². The summed E-state index contributed by atoms with van der Waals surface area (Å²) in [7, 11) is 0. The summed E-state index contributed by atoms with van der Waals surface area (Å²) in [6, 6.07) is 0. The minimum Gasteiger partial charge on any atom is -0.0911 e. The molecule has 1 aliphatic carbocycles. The maximum absolute atomic E-state index is 2.46. The molecule has 0 nitrogen and oxygen atoms in total. The van der Waals surface area contributed by atoms with Gasteiger partial charge in [-0.1, -0.05) is 50.5 Å². The highest BCUT2D eigenvalue weighted by atomic mass is 14.3. The van der Waals surface area contributed by atoms with Crippen LogP contribution in [0.25, 0.3) is 0 Å². The topological polar surface area (TPSA) is 0 Å². The molecule has 0 spiro atoms. The van der Waals surface area contributed by atoms with Gasteiger partial charge in [0.05, 0.1) is 0 Å². The van der Waals surface area contributed by atoms with Crippen molar-refractivity contribution in [3.05, 3.63) is 23.3 Å². The van der Waals surface area contributed by atoms with Crippen LogP contribution >= 0.6 is 0 Å². The molecule has 0 radical (unpaired) electrons. The second kappa shape index (κ2) is 7.03. The molecule has 0 aromatic carbocycles. The van der Waals surface area contributed by atoms with Crippen molar-refractivity contribution in [1.29, 1.82) is 0 Å². The van der Waals surface area contributed by atoms with Crippen LogP contribution in [0.2, 0.25) is 0 Å². The van der Waals surface area contributed by atoms with Gasteiger partial charge in [-0.15, -0.1) is 0 Å². The van der Waals surface area contributed by atoms with Crippen LogP contribution in [0.1, 0.15) is 66.7 Å². The molecule has 0 N–H and O–H groups in total. The fraction of sp³-hybridized carbons (Fsp3) is 0.765. The zero-order chi connectivity index (χ0) is 12.8. The molecule has 0 heterocycles. The van der Waals surface area contributed by atoms with E-state index in [1.807, 2.05) is 0 Å². The molecule has 98 valence electrons. The van der Waals surface area contributed by atoms with Gasteiger partial charge >= 0.3 is 0 Å².